The molecule has 0 saturated carbocycles. The number of primary sulfonamides is 1. The molecule has 160 valence electrons. The van der Waals surface area contributed by atoms with Crippen molar-refractivity contribution in [1.82, 2.24) is 15.0 Å². The zero-order valence-corrected chi connectivity index (χ0v) is 17.5. The molecule has 3 aromatic rings. The Labute approximate surface area is 180 Å². The largest absolute Gasteiger partial charge is 0.377 e. The van der Waals surface area contributed by atoms with E-state index < -0.39 is 10.0 Å². The van der Waals surface area contributed by atoms with Crippen LogP contribution in [0.15, 0.2) is 59.8 Å². The van der Waals surface area contributed by atoms with Crippen LogP contribution in [0.25, 0.3) is 11.3 Å². The first kappa shape index (κ1) is 19.9. The summed E-state index contributed by atoms with van der Waals surface area (Å²) in [7, 11) is -3.79. The quantitative estimate of drug-likeness (QED) is 0.622. The highest BCUT2D eigenvalue weighted by atomic mass is 32.2. The third-order valence-electron chi connectivity index (χ3n) is 5.62. The Bertz CT molecular complexity index is 1200. The van der Waals surface area contributed by atoms with E-state index in [9.17, 15) is 8.42 Å². The molecule has 3 N–H and O–H groups in total. The molecule has 0 aliphatic carbocycles. The van der Waals surface area contributed by atoms with Gasteiger partial charge in [-0.15, -0.1) is 0 Å². The fourth-order valence-electron chi connectivity index (χ4n) is 4.18. The smallest absolute Gasteiger partial charge is 0.238 e. The Kier molecular flexibility index (Phi) is 5.05. The van der Waals surface area contributed by atoms with Gasteiger partial charge in [-0.1, -0.05) is 6.07 Å². The van der Waals surface area contributed by atoms with Crippen molar-refractivity contribution < 1.29 is 13.2 Å². The van der Waals surface area contributed by atoms with Gasteiger partial charge in [0.1, 0.15) is 5.82 Å². The summed E-state index contributed by atoms with van der Waals surface area (Å²) in [5.74, 6) is 1.29. The lowest BCUT2D eigenvalue weighted by Crippen LogP contribution is -2.46. The number of nitrogens with one attached hydrogen (secondary N) is 1. The van der Waals surface area contributed by atoms with Crippen molar-refractivity contribution in [3.05, 3.63) is 54.9 Å². The van der Waals surface area contributed by atoms with Gasteiger partial charge in [0.15, 0.2) is 0 Å². The predicted octanol–water partition coefficient (Wildman–Crippen LogP) is 2.30. The lowest BCUT2D eigenvalue weighted by atomic mass is 10.1. The number of fused-ring (bicyclic) bond motifs is 2. The minimum atomic E-state index is -3.79. The Hall–Kier alpha value is -3.08. The second-order valence-corrected chi connectivity index (χ2v) is 9.26. The second kappa shape index (κ2) is 7.88. The number of hydrogen-bond acceptors (Lipinski definition) is 8. The van der Waals surface area contributed by atoms with E-state index in [1.165, 1.54) is 12.1 Å². The van der Waals surface area contributed by atoms with Crippen LogP contribution in [0.4, 0.5) is 17.5 Å². The maximum absolute atomic E-state index is 11.6. The molecule has 10 heteroatoms. The normalized spacial score (nSPS) is 20.6. The molecule has 2 aromatic heterocycles. The average Bonchev–Trinajstić information content (AvgIpc) is 3.02. The van der Waals surface area contributed by atoms with Crippen molar-refractivity contribution in [2.24, 2.45) is 5.14 Å². The molecule has 1 aromatic carbocycles. The number of sulfonamides is 1. The number of morpholine rings is 1. The summed E-state index contributed by atoms with van der Waals surface area (Å²) in [6.07, 6.45) is 5.70. The van der Waals surface area contributed by atoms with E-state index in [0.29, 0.717) is 23.7 Å². The van der Waals surface area contributed by atoms with Crippen molar-refractivity contribution >= 4 is 27.5 Å². The molecule has 9 nitrogen and oxygen atoms in total. The lowest BCUT2D eigenvalue weighted by molar-refractivity contribution is 0.0902. The summed E-state index contributed by atoms with van der Waals surface area (Å²) in [5, 5.41) is 8.26. The summed E-state index contributed by atoms with van der Waals surface area (Å²) in [4.78, 5) is 15.8. The molecule has 2 unspecified atom stereocenters. The van der Waals surface area contributed by atoms with Crippen LogP contribution in [-0.4, -0.2) is 48.7 Å². The van der Waals surface area contributed by atoms with E-state index in [-0.39, 0.29) is 4.90 Å². The molecule has 2 aliphatic heterocycles. The van der Waals surface area contributed by atoms with E-state index in [4.69, 9.17) is 9.88 Å². The van der Waals surface area contributed by atoms with Crippen molar-refractivity contribution in [1.29, 1.82) is 0 Å². The Morgan fingerprint density at radius 3 is 2.58 bits per heavy atom. The number of pyridine rings is 1. The number of aromatic nitrogens is 3. The minimum Gasteiger partial charge on any atom is -0.377 e. The molecule has 2 atom stereocenters. The molecule has 2 fully saturated rings. The maximum Gasteiger partial charge on any atom is 0.238 e. The van der Waals surface area contributed by atoms with Gasteiger partial charge in [-0.05, 0) is 49.2 Å². The SMILES string of the molecule is NS(=O)(=O)c1cccc(Nc2nccc(-c3ccnc(N4C5CCC4COC5)c3)n2)c1. The first-order valence-corrected chi connectivity index (χ1v) is 11.6. The molecule has 31 heavy (non-hydrogen) atoms. The highest BCUT2D eigenvalue weighted by Gasteiger charge is 2.38. The Morgan fingerprint density at radius 1 is 1.03 bits per heavy atom. The summed E-state index contributed by atoms with van der Waals surface area (Å²) in [5.41, 5.74) is 2.20. The van der Waals surface area contributed by atoms with Crippen LogP contribution in [0, 0.1) is 0 Å². The summed E-state index contributed by atoms with van der Waals surface area (Å²) in [6, 6.07) is 12.8. The molecule has 2 aliphatic rings. The first-order chi connectivity index (χ1) is 15.0. The van der Waals surface area contributed by atoms with E-state index in [0.717, 1.165) is 43.1 Å². The Morgan fingerprint density at radius 2 is 1.81 bits per heavy atom. The van der Waals surface area contributed by atoms with Gasteiger partial charge in [-0.2, -0.15) is 0 Å². The van der Waals surface area contributed by atoms with E-state index >= 15 is 0 Å². The first-order valence-electron chi connectivity index (χ1n) is 10.0. The monoisotopic (exact) mass is 438 g/mol. The minimum absolute atomic E-state index is 0.0209. The molecule has 2 bridgehead atoms. The van der Waals surface area contributed by atoms with Crippen LogP contribution in [0.2, 0.25) is 0 Å². The van der Waals surface area contributed by atoms with Crippen LogP contribution in [0.3, 0.4) is 0 Å². The van der Waals surface area contributed by atoms with Gasteiger partial charge in [0.25, 0.3) is 0 Å². The van der Waals surface area contributed by atoms with Crippen molar-refractivity contribution in [3.63, 3.8) is 0 Å². The van der Waals surface area contributed by atoms with Gasteiger partial charge in [0.05, 0.1) is 35.9 Å². The number of hydrogen-bond donors (Lipinski definition) is 2. The number of ether oxygens (including phenoxy) is 1. The molecule has 2 saturated heterocycles. The second-order valence-electron chi connectivity index (χ2n) is 7.70. The summed E-state index contributed by atoms with van der Waals surface area (Å²) < 4.78 is 28.9. The van der Waals surface area contributed by atoms with Crippen LogP contribution >= 0.6 is 0 Å². The van der Waals surface area contributed by atoms with Gasteiger partial charge in [0, 0.05) is 23.6 Å². The van der Waals surface area contributed by atoms with E-state index in [1.54, 1.807) is 24.5 Å². The lowest BCUT2D eigenvalue weighted by Gasteiger charge is -2.35. The molecule has 0 spiro atoms. The van der Waals surface area contributed by atoms with Crippen LogP contribution < -0.4 is 15.4 Å². The van der Waals surface area contributed by atoms with Gasteiger partial charge < -0.3 is 15.0 Å². The maximum atomic E-state index is 11.6. The molecular weight excluding hydrogens is 416 g/mol. The molecular formula is C21H22N6O3S. The van der Waals surface area contributed by atoms with Gasteiger partial charge in [-0.25, -0.2) is 28.5 Å². The molecule has 0 amide bonds. The van der Waals surface area contributed by atoms with Crippen LogP contribution in [0.5, 0.6) is 0 Å². The standard InChI is InChI=1S/C21H22N6O3S/c22-31(28,29)18-3-1-2-15(11-18)25-21-24-9-7-19(26-21)14-6-8-23-20(10-14)27-16-4-5-17(27)13-30-12-16/h1-3,6-11,16-17H,4-5,12-13H2,(H2,22,28,29)(H,24,25,26). The number of anilines is 3. The number of rotatable bonds is 5. The highest BCUT2D eigenvalue weighted by molar-refractivity contribution is 7.89. The fraction of sp³-hybridized carbons (Fsp3) is 0.286. The van der Waals surface area contributed by atoms with E-state index in [2.05, 4.69) is 25.2 Å². The van der Waals surface area contributed by atoms with Crippen molar-refractivity contribution in [3.8, 4) is 11.3 Å². The number of nitrogens with zero attached hydrogens (tertiary/aromatic N) is 4. The number of nitrogens with two attached hydrogens (primary N) is 1. The zero-order chi connectivity index (χ0) is 21.4. The predicted molar refractivity (Wildman–Crippen MR) is 116 cm³/mol. The van der Waals surface area contributed by atoms with Gasteiger partial charge in [0.2, 0.25) is 16.0 Å². The summed E-state index contributed by atoms with van der Waals surface area (Å²) >= 11 is 0. The number of benzene rings is 1. The van der Waals surface area contributed by atoms with Crippen LogP contribution in [-0.2, 0) is 14.8 Å². The molecule has 5 rings (SSSR count). The molecule has 4 heterocycles. The molecule has 0 radical (unpaired) electrons. The van der Waals surface area contributed by atoms with Crippen molar-refractivity contribution in [2.75, 3.05) is 23.4 Å². The van der Waals surface area contributed by atoms with Gasteiger partial charge >= 0.3 is 0 Å². The summed E-state index contributed by atoms with van der Waals surface area (Å²) in [6.45, 7) is 1.48. The highest BCUT2D eigenvalue weighted by Crippen LogP contribution is 2.34. The van der Waals surface area contributed by atoms with Gasteiger partial charge in [-0.3, -0.25) is 0 Å². The third-order valence-corrected chi connectivity index (χ3v) is 6.53. The average molecular weight is 439 g/mol. The fourth-order valence-corrected chi connectivity index (χ4v) is 4.74. The van der Waals surface area contributed by atoms with E-state index in [1.807, 2.05) is 18.2 Å². The van der Waals surface area contributed by atoms with Crippen LogP contribution in [0.1, 0.15) is 12.8 Å². The zero-order valence-electron chi connectivity index (χ0n) is 16.7. The van der Waals surface area contributed by atoms with Crippen molar-refractivity contribution in [2.45, 2.75) is 29.8 Å². The Balaban J connectivity index is 1.41. The third kappa shape index (κ3) is 4.09. The topological polar surface area (TPSA) is 123 Å².